The van der Waals surface area contributed by atoms with Crippen LogP contribution in [-0.2, 0) is 21.6 Å². The van der Waals surface area contributed by atoms with Gasteiger partial charge in [0.05, 0.1) is 13.2 Å². The van der Waals surface area contributed by atoms with Gasteiger partial charge in [0, 0.05) is 25.2 Å². The van der Waals surface area contributed by atoms with Crippen LogP contribution in [-0.4, -0.2) is 42.9 Å². The molecule has 1 fully saturated rings. The number of rotatable bonds is 5. The Labute approximate surface area is 182 Å². The zero-order valence-corrected chi connectivity index (χ0v) is 17.3. The van der Waals surface area contributed by atoms with Gasteiger partial charge in [0.2, 0.25) is 0 Å². The van der Waals surface area contributed by atoms with Crippen molar-refractivity contribution in [1.29, 1.82) is 0 Å². The van der Waals surface area contributed by atoms with Gasteiger partial charge in [-0.05, 0) is 22.8 Å². The molecule has 2 heterocycles. The van der Waals surface area contributed by atoms with Gasteiger partial charge in [-0.15, -0.1) is 0 Å². The largest absolute Gasteiger partial charge is 0.379 e. The van der Waals surface area contributed by atoms with E-state index in [-0.39, 0.29) is 5.91 Å². The normalized spacial score (nSPS) is 18.5. The maximum atomic E-state index is 13.4. The van der Waals surface area contributed by atoms with Gasteiger partial charge < -0.3 is 10.1 Å². The van der Waals surface area contributed by atoms with E-state index in [9.17, 15) is 4.79 Å². The van der Waals surface area contributed by atoms with Crippen molar-refractivity contribution in [2.75, 3.05) is 26.3 Å². The quantitative estimate of drug-likeness (QED) is 0.701. The summed E-state index contributed by atoms with van der Waals surface area (Å²) in [5.74, 6) is 0.486. The van der Waals surface area contributed by atoms with Crippen LogP contribution in [0, 0.1) is 0 Å². The van der Waals surface area contributed by atoms with E-state index in [1.807, 2.05) is 72.8 Å². The van der Waals surface area contributed by atoms with E-state index in [0.29, 0.717) is 5.84 Å². The van der Waals surface area contributed by atoms with Crippen LogP contribution < -0.4 is 5.32 Å². The van der Waals surface area contributed by atoms with Crippen LogP contribution in [0.3, 0.4) is 0 Å². The maximum absolute atomic E-state index is 13.4. The lowest BCUT2D eigenvalue weighted by Crippen LogP contribution is -2.38. The summed E-state index contributed by atoms with van der Waals surface area (Å²) in [4.78, 5) is 20.8. The highest BCUT2D eigenvalue weighted by Gasteiger charge is 2.46. The van der Waals surface area contributed by atoms with Gasteiger partial charge in [0.25, 0.3) is 5.91 Å². The fourth-order valence-electron chi connectivity index (χ4n) is 4.33. The number of benzene rings is 3. The summed E-state index contributed by atoms with van der Waals surface area (Å²) in [5, 5.41) is 3.07. The Kier molecular flexibility index (Phi) is 5.37. The molecule has 156 valence electrons. The summed E-state index contributed by atoms with van der Waals surface area (Å²) in [6.45, 7) is 4.29. The number of carbonyl (C=O) groups excluding carboxylic acids is 1. The van der Waals surface area contributed by atoms with E-state index in [1.54, 1.807) is 0 Å². The summed E-state index contributed by atoms with van der Waals surface area (Å²) in [7, 11) is 0. The lowest BCUT2D eigenvalue weighted by atomic mass is 9.83. The fourth-order valence-corrected chi connectivity index (χ4v) is 4.33. The minimum Gasteiger partial charge on any atom is -0.379 e. The van der Waals surface area contributed by atoms with Crippen LogP contribution in [0.25, 0.3) is 0 Å². The van der Waals surface area contributed by atoms with Gasteiger partial charge in [0.1, 0.15) is 5.84 Å². The summed E-state index contributed by atoms with van der Waals surface area (Å²) in [6.07, 6.45) is 0. The zero-order valence-electron chi connectivity index (χ0n) is 17.3. The third-order valence-electron chi connectivity index (χ3n) is 5.93. The molecule has 5 rings (SSSR count). The van der Waals surface area contributed by atoms with Crippen molar-refractivity contribution in [1.82, 2.24) is 10.2 Å². The highest BCUT2D eigenvalue weighted by molar-refractivity contribution is 6.16. The lowest BCUT2D eigenvalue weighted by Gasteiger charge is -2.26. The molecule has 31 heavy (non-hydrogen) atoms. The minimum atomic E-state index is -1.09. The molecule has 0 atom stereocenters. The van der Waals surface area contributed by atoms with Crippen molar-refractivity contribution in [3.63, 3.8) is 0 Å². The topological polar surface area (TPSA) is 53.9 Å². The molecule has 0 unspecified atom stereocenters. The van der Waals surface area contributed by atoms with E-state index in [4.69, 9.17) is 9.73 Å². The Morgan fingerprint density at radius 1 is 0.871 bits per heavy atom. The molecule has 2 aliphatic rings. The number of carbonyl (C=O) groups is 1. The van der Waals surface area contributed by atoms with Crippen LogP contribution in [0.15, 0.2) is 89.9 Å². The van der Waals surface area contributed by atoms with Crippen LogP contribution >= 0.6 is 0 Å². The molecular formula is C26H25N3O2. The van der Waals surface area contributed by atoms with E-state index < -0.39 is 5.54 Å². The average Bonchev–Trinajstić information content (AvgIpc) is 3.19. The van der Waals surface area contributed by atoms with Gasteiger partial charge in [-0.25, -0.2) is 4.99 Å². The second kappa shape index (κ2) is 8.46. The Bertz CT molecular complexity index is 1050. The summed E-state index contributed by atoms with van der Waals surface area (Å²) in [5.41, 5.74) is 2.76. The van der Waals surface area contributed by atoms with E-state index in [0.717, 1.165) is 49.5 Å². The van der Waals surface area contributed by atoms with Crippen molar-refractivity contribution >= 4 is 11.7 Å². The molecule has 0 radical (unpaired) electrons. The molecule has 0 spiro atoms. The number of hydrogen-bond acceptors (Lipinski definition) is 4. The second-order valence-electron chi connectivity index (χ2n) is 7.95. The molecule has 0 saturated carbocycles. The van der Waals surface area contributed by atoms with E-state index in [2.05, 4.69) is 22.3 Å². The molecule has 3 aromatic rings. The molecule has 3 aromatic carbocycles. The Morgan fingerprint density at radius 2 is 1.52 bits per heavy atom. The summed E-state index contributed by atoms with van der Waals surface area (Å²) < 4.78 is 5.45. The molecule has 0 aliphatic carbocycles. The van der Waals surface area contributed by atoms with Crippen molar-refractivity contribution < 1.29 is 9.53 Å². The molecule has 1 amide bonds. The number of hydrogen-bond donors (Lipinski definition) is 1. The van der Waals surface area contributed by atoms with Gasteiger partial charge in [0.15, 0.2) is 5.54 Å². The maximum Gasteiger partial charge on any atom is 0.262 e. The van der Waals surface area contributed by atoms with Crippen LogP contribution in [0.4, 0.5) is 0 Å². The lowest BCUT2D eigenvalue weighted by molar-refractivity contribution is -0.122. The number of nitrogens with zero attached hydrogens (tertiary/aromatic N) is 2. The Balaban J connectivity index is 1.53. The number of morpholine rings is 1. The monoisotopic (exact) mass is 411 g/mol. The highest BCUT2D eigenvalue weighted by atomic mass is 16.5. The predicted molar refractivity (Wildman–Crippen MR) is 121 cm³/mol. The molecule has 2 aliphatic heterocycles. The van der Waals surface area contributed by atoms with Gasteiger partial charge in [-0.3, -0.25) is 9.69 Å². The first-order valence-electron chi connectivity index (χ1n) is 10.7. The smallest absolute Gasteiger partial charge is 0.262 e. The molecule has 1 N–H and O–H groups in total. The van der Waals surface area contributed by atoms with Crippen molar-refractivity contribution in [3.8, 4) is 0 Å². The first-order chi connectivity index (χ1) is 15.3. The Hall–Kier alpha value is -3.28. The van der Waals surface area contributed by atoms with Crippen molar-refractivity contribution in [2.45, 2.75) is 12.1 Å². The fraction of sp³-hybridized carbons (Fsp3) is 0.231. The van der Waals surface area contributed by atoms with Crippen LogP contribution in [0.2, 0.25) is 0 Å². The first-order valence-corrected chi connectivity index (χ1v) is 10.7. The molecule has 0 aromatic heterocycles. The molecule has 5 nitrogen and oxygen atoms in total. The third kappa shape index (κ3) is 3.78. The van der Waals surface area contributed by atoms with Gasteiger partial charge in [-0.2, -0.15) is 0 Å². The highest BCUT2D eigenvalue weighted by Crippen LogP contribution is 2.37. The standard InChI is InChI=1S/C26H25N3O2/c30-25-26(22-10-3-1-4-11-22,23-12-5-2-6-13-23)28-24(27-25)21-9-7-8-20(18-21)19-29-14-16-31-17-15-29/h1-13,18H,14-17,19H2,(H,27,28,30). The van der Waals surface area contributed by atoms with Gasteiger partial charge >= 0.3 is 0 Å². The van der Waals surface area contributed by atoms with E-state index in [1.165, 1.54) is 5.56 Å². The van der Waals surface area contributed by atoms with Crippen LogP contribution in [0.1, 0.15) is 22.3 Å². The summed E-state index contributed by atoms with van der Waals surface area (Å²) in [6, 6.07) is 27.9. The average molecular weight is 412 g/mol. The number of nitrogens with one attached hydrogen (secondary N) is 1. The molecule has 5 heteroatoms. The SMILES string of the molecule is O=C1NC(c2cccc(CN3CCOCC3)c2)=NC1(c1ccccc1)c1ccccc1. The Morgan fingerprint density at radius 3 is 2.16 bits per heavy atom. The minimum absolute atomic E-state index is 0.126. The number of aliphatic imine (C=N–C) groups is 1. The van der Waals surface area contributed by atoms with Crippen LogP contribution in [0.5, 0.6) is 0 Å². The molecule has 0 bridgehead atoms. The molecule has 1 saturated heterocycles. The number of amidine groups is 1. The van der Waals surface area contributed by atoms with E-state index >= 15 is 0 Å². The summed E-state index contributed by atoms with van der Waals surface area (Å²) >= 11 is 0. The second-order valence-corrected chi connectivity index (χ2v) is 7.95. The number of ether oxygens (including phenoxy) is 1. The van der Waals surface area contributed by atoms with Gasteiger partial charge in [-0.1, -0.05) is 78.9 Å². The zero-order chi connectivity index (χ0) is 21.1. The first kappa shape index (κ1) is 19.7. The predicted octanol–water partition coefficient (Wildman–Crippen LogP) is 3.34. The molecular weight excluding hydrogens is 386 g/mol. The third-order valence-corrected chi connectivity index (χ3v) is 5.93. The van der Waals surface area contributed by atoms with Crippen molar-refractivity contribution in [3.05, 3.63) is 107 Å². The van der Waals surface area contributed by atoms with Crippen molar-refractivity contribution in [2.24, 2.45) is 4.99 Å². The number of amides is 1.